The zero-order valence-corrected chi connectivity index (χ0v) is 9.65. The number of nitrogens with zero attached hydrogens (tertiary/aromatic N) is 2. The molecule has 0 saturated heterocycles. The summed E-state index contributed by atoms with van der Waals surface area (Å²) in [6.45, 7) is 0. The van der Waals surface area contributed by atoms with Gasteiger partial charge < -0.3 is 10.4 Å². The Balaban J connectivity index is 2.18. The van der Waals surface area contributed by atoms with Gasteiger partial charge in [0.05, 0.1) is 5.02 Å². The maximum atomic E-state index is 12.9. The Morgan fingerprint density at radius 3 is 2.61 bits per heavy atom. The highest BCUT2D eigenvalue weighted by Gasteiger charge is 2.06. The summed E-state index contributed by atoms with van der Waals surface area (Å²) in [5.41, 5.74) is 0.372. The summed E-state index contributed by atoms with van der Waals surface area (Å²) < 4.78 is 12.9. The van der Waals surface area contributed by atoms with Crippen molar-refractivity contribution in [3.8, 4) is 0 Å². The molecule has 1 aromatic carbocycles. The normalized spacial score (nSPS) is 10.1. The average Bonchev–Trinajstić information content (AvgIpc) is 2.34. The summed E-state index contributed by atoms with van der Waals surface area (Å²) in [5, 5.41) is 18.6. The quantitative estimate of drug-likeness (QED) is 0.894. The lowest BCUT2D eigenvalue weighted by Gasteiger charge is -2.05. The van der Waals surface area contributed by atoms with Crippen LogP contribution in [-0.4, -0.2) is 21.3 Å². The Bertz CT molecular complexity index is 589. The van der Waals surface area contributed by atoms with E-state index in [2.05, 4.69) is 15.5 Å². The monoisotopic (exact) mass is 267 g/mol. The fraction of sp³-hybridized carbons (Fsp3) is 0. The first-order chi connectivity index (χ1) is 8.56. The SMILES string of the molecule is O=C(O)c1ccc(Nc2ccc(F)c(Cl)c2)nn1. The van der Waals surface area contributed by atoms with Crippen LogP contribution in [0.2, 0.25) is 5.02 Å². The Morgan fingerprint density at radius 1 is 1.28 bits per heavy atom. The van der Waals surface area contributed by atoms with Crippen molar-refractivity contribution in [3.63, 3.8) is 0 Å². The Hall–Kier alpha value is -2.21. The van der Waals surface area contributed by atoms with E-state index in [9.17, 15) is 9.18 Å². The van der Waals surface area contributed by atoms with Gasteiger partial charge in [-0.15, -0.1) is 10.2 Å². The van der Waals surface area contributed by atoms with Gasteiger partial charge in [-0.05, 0) is 30.3 Å². The van der Waals surface area contributed by atoms with Gasteiger partial charge in [-0.25, -0.2) is 9.18 Å². The Labute approximate surface area is 106 Å². The second kappa shape index (κ2) is 4.97. The molecule has 2 aromatic rings. The first kappa shape index (κ1) is 12.3. The Kier molecular flexibility index (Phi) is 3.38. The van der Waals surface area contributed by atoms with Gasteiger partial charge in [0.1, 0.15) is 5.82 Å². The second-order valence-electron chi connectivity index (χ2n) is 3.36. The molecule has 0 spiro atoms. The zero-order chi connectivity index (χ0) is 13.1. The van der Waals surface area contributed by atoms with E-state index in [-0.39, 0.29) is 10.7 Å². The summed E-state index contributed by atoms with van der Waals surface area (Å²) in [6.07, 6.45) is 0. The molecule has 0 aliphatic carbocycles. The minimum atomic E-state index is -1.15. The number of aromatic carboxylic acids is 1. The van der Waals surface area contributed by atoms with E-state index in [4.69, 9.17) is 16.7 Å². The number of carboxylic acids is 1. The fourth-order valence-electron chi connectivity index (χ4n) is 1.23. The number of rotatable bonds is 3. The van der Waals surface area contributed by atoms with Crippen molar-refractivity contribution in [2.45, 2.75) is 0 Å². The topological polar surface area (TPSA) is 75.1 Å². The zero-order valence-electron chi connectivity index (χ0n) is 8.89. The van der Waals surface area contributed by atoms with Gasteiger partial charge in [-0.2, -0.15) is 0 Å². The van der Waals surface area contributed by atoms with Crippen molar-refractivity contribution < 1.29 is 14.3 Å². The van der Waals surface area contributed by atoms with Crippen molar-refractivity contribution >= 4 is 29.1 Å². The molecule has 0 saturated carbocycles. The smallest absolute Gasteiger partial charge is 0.356 e. The molecule has 0 aliphatic rings. The molecule has 1 heterocycles. The van der Waals surface area contributed by atoms with Crippen LogP contribution in [0.25, 0.3) is 0 Å². The molecule has 7 heteroatoms. The summed E-state index contributed by atoms with van der Waals surface area (Å²) in [5.74, 6) is -1.34. The number of anilines is 2. The van der Waals surface area contributed by atoms with E-state index in [1.807, 2.05) is 0 Å². The molecule has 0 aliphatic heterocycles. The predicted octanol–water partition coefficient (Wildman–Crippen LogP) is 2.71. The lowest BCUT2D eigenvalue weighted by Crippen LogP contribution is -2.03. The summed E-state index contributed by atoms with van der Waals surface area (Å²) in [7, 11) is 0. The lowest BCUT2D eigenvalue weighted by molar-refractivity contribution is 0.0689. The van der Waals surface area contributed by atoms with E-state index in [1.165, 1.54) is 30.3 Å². The largest absolute Gasteiger partial charge is 0.476 e. The van der Waals surface area contributed by atoms with Gasteiger partial charge in [-0.3, -0.25) is 0 Å². The van der Waals surface area contributed by atoms with Crippen molar-refractivity contribution in [2.75, 3.05) is 5.32 Å². The van der Waals surface area contributed by atoms with E-state index in [0.29, 0.717) is 11.5 Å². The number of carboxylic acid groups (broad SMARTS) is 1. The van der Waals surface area contributed by atoms with Crippen LogP contribution in [0.4, 0.5) is 15.9 Å². The molecule has 0 fully saturated rings. The molecule has 2 N–H and O–H groups in total. The number of hydrogen-bond donors (Lipinski definition) is 2. The predicted molar refractivity (Wildman–Crippen MR) is 63.7 cm³/mol. The highest BCUT2D eigenvalue weighted by atomic mass is 35.5. The standard InChI is InChI=1S/C11H7ClFN3O2/c12-7-5-6(1-2-8(7)13)14-10-4-3-9(11(17)18)15-16-10/h1-5H,(H,14,16)(H,17,18). The van der Waals surface area contributed by atoms with Crippen LogP contribution < -0.4 is 5.32 Å². The maximum absolute atomic E-state index is 12.9. The molecule has 0 amide bonds. The molecule has 0 radical (unpaired) electrons. The highest BCUT2D eigenvalue weighted by Crippen LogP contribution is 2.21. The molecule has 18 heavy (non-hydrogen) atoms. The number of nitrogens with one attached hydrogen (secondary N) is 1. The molecule has 2 rings (SSSR count). The molecule has 1 aromatic heterocycles. The minimum Gasteiger partial charge on any atom is -0.476 e. The highest BCUT2D eigenvalue weighted by molar-refractivity contribution is 6.31. The van der Waals surface area contributed by atoms with Crippen molar-refractivity contribution in [3.05, 3.63) is 46.9 Å². The number of benzene rings is 1. The lowest BCUT2D eigenvalue weighted by atomic mass is 10.3. The van der Waals surface area contributed by atoms with Crippen LogP contribution in [0.5, 0.6) is 0 Å². The minimum absolute atomic E-state index is 0.0184. The Morgan fingerprint density at radius 2 is 2.06 bits per heavy atom. The van der Waals surface area contributed by atoms with Crippen LogP contribution >= 0.6 is 11.6 Å². The summed E-state index contributed by atoms with van der Waals surface area (Å²) >= 11 is 5.62. The van der Waals surface area contributed by atoms with Crippen LogP contribution in [0.15, 0.2) is 30.3 Å². The summed E-state index contributed by atoms with van der Waals surface area (Å²) in [4.78, 5) is 10.6. The fourth-order valence-corrected chi connectivity index (χ4v) is 1.42. The molecule has 0 atom stereocenters. The van der Waals surface area contributed by atoms with Gasteiger partial charge in [-0.1, -0.05) is 11.6 Å². The van der Waals surface area contributed by atoms with Gasteiger partial charge in [0.2, 0.25) is 0 Å². The number of carbonyl (C=O) groups is 1. The maximum Gasteiger partial charge on any atom is 0.356 e. The third kappa shape index (κ3) is 2.72. The van der Waals surface area contributed by atoms with Crippen LogP contribution in [0.1, 0.15) is 10.5 Å². The van der Waals surface area contributed by atoms with Crippen molar-refractivity contribution in [2.24, 2.45) is 0 Å². The molecule has 5 nitrogen and oxygen atoms in total. The molecule has 0 bridgehead atoms. The van der Waals surface area contributed by atoms with Crippen LogP contribution in [-0.2, 0) is 0 Å². The average molecular weight is 268 g/mol. The first-order valence-corrected chi connectivity index (χ1v) is 5.23. The van der Waals surface area contributed by atoms with E-state index < -0.39 is 11.8 Å². The van der Waals surface area contributed by atoms with Crippen molar-refractivity contribution in [1.82, 2.24) is 10.2 Å². The molecular formula is C11H7ClFN3O2. The number of halogens is 2. The third-order valence-corrected chi connectivity index (χ3v) is 2.37. The van der Waals surface area contributed by atoms with Gasteiger partial charge in [0.15, 0.2) is 11.5 Å². The van der Waals surface area contributed by atoms with E-state index in [0.717, 1.165) is 0 Å². The van der Waals surface area contributed by atoms with Crippen molar-refractivity contribution in [1.29, 1.82) is 0 Å². The molecule has 92 valence electrons. The van der Waals surface area contributed by atoms with Crippen LogP contribution in [0, 0.1) is 5.82 Å². The van der Waals surface area contributed by atoms with E-state index in [1.54, 1.807) is 0 Å². The second-order valence-corrected chi connectivity index (χ2v) is 3.77. The van der Waals surface area contributed by atoms with Gasteiger partial charge in [0, 0.05) is 5.69 Å². The number of hydrogen-bond acceptors (Lipinski definition) is 4. The number of aromatic nitrogens is 2. The first-order valence-electron chi connectivity index (χ1n) is 4.85. The molecule has 0 unspecified atom stereocenters. The third-order valence-electron chi connectivity index (χ3n) is 2.08. The van der Waals surface area contributed by atoms with Gasteiger partial charge >= 0.3 is 5.97 Å². The van der Waals surface area contributed by atoms with E-state index >= 15 is 0 Å². The van der Waals surface area contributed by atoms with Crippen LogP contribution in [0.3, 0.4) is 0 Å². The van der Waals surface area contributed by atoms with Gasteiger partial charge in [0.25, 0.3) is 0 Å². The molecular weight excluding hydrogens is 261 g/mol. The summed E-state index contributed by atoms with van der Waals surface area (Å²) in [6, 6.07) is 6.85.